The van der Waals surface area contributed by atoms with Crippen molar-refractivity contribution in [1.82, 2.24) is 0 Å². The number of ether oxygens (including phenoxy) is 3. The molecule has 0 saturated carbocycles. The molecule has 338 valence electrons. The number of rotatable bonds is 45. The second kappa shape index (κ2) is 44.0. The fourth-order valence-electron chi connectivity index (χ4n) is 7.60. The lowest BCUT2D eigenvalue weighted by Gasteiger charge is -2.18. The molecule has 0 aromatic rings. The molecule has 0 aliphatic rings. The van der Waals surface area contributed by atoms with Crippen molar-refractivity contribution < 1.29 is 28.6 Å². The smallest absolute Gasteiger partial charge is 0.306 e. The van der Waals surface area contributed by atoms with Gasteiger partial charge in [-0.15, -0.1) is 0 Å². The summed E-state index contributed by atoms with van der Waals surface area (Å²) in [5, 5.41) is 0. The molecular weight excluding hydrogens is 709 g/mol. The van der Waals surface area contributed by atoms with Crippen LogP contribution in [0.25, 0.3) is 0 Å². The van der Waals surface area contributed by atoms with Gasteiger partial charge < -0.3 is 14.2 Å². The van der Waals surface area contributed by atoms with E-state index >= 15 is 0 Å². The standard InChI is InChI=1S/C51H98O6/c1-6-8-9-10-11-12-13-15-19-22-25-31-36-41-49(52)55-44-48(45-56-50(53)42-37-32-28-27-30-35-40-47(5)7-2)57-51(54)43-38-33-26-23-20-17-14-16-18-21-24-29-34-39-46(3)4/h46-48H,6-45H2,1-5H3/t47?,48-/m1/s1. The summed E-state index contributed by atoms with van der Waals surface area (Å²) in [6, 6.07) is 0. The minimum Gasteiger partial charge on any atom is -0.462 e. The maximum Gasteiger partial charge on any atom is 0.306 e. The van der Waals surface area contributed by atoms with Gasteiger partial charge in [0.05, 0.1) is 0 Å². The molecule has 1 unspecified atom stereocenters. The Morgan fingerprint density at radius 3 is 1.00 bits per heavy atom. The highest BCUT2D eigenvalue weighted by molar-refractivity contribution is 5.71. The van der Waals surface area contributed by atoms with Crippen molar-refractivity contribution in [2.24, 2.45) is 11.8 Å². The minimum absolute atomic E-state index is 0.0644. The van der Waals surface area contributed by atoms with E-state index in [2.05, 4.69) is 34.6 Å². The van der Waals surface area contributed by atoms with Crippen molar-refractivity contribution >= 4 is 17.9 Å². The molecule has 0 rings (SSSR count). The van der Waals surface area contributed by atoms with E-state index in [1.807, 2.05) is 0 Å². The molecule has 0 amide bonds. The molecule has 0 N–H and O–H groups in total. The first-order valence-electron chi connectivity index (χ1n) is 25.3. The molecule has 0 spiro atoms. The molecule has 0 aliphatic heterocycles. The van der Waals surface area contributed by atoms with Crippen molar-refractivity contribution in [3.05, 3.63) is 0 Å². The Kier molecular flexibility index (Phi) is 42.7. The third-order valence-electron chi connectivity index (χ3n) is 11.8. The van der Waals surface area contributed by atoms with Gasteiger partial charge in [0.15, 0.2) is 6.10 Å². The fourth-order valence-corrected chi connectivity index (χ4v) is 7.60. The van der Waals surface area contributed by atoms with Crippen LogP contribution in [0.1, 0.15) is 279 Å². The van der Waals surface area contributed by atoms with E-state index in [0.29, 0.717) is 19.3 Å². The molecule has 0 radical (unpaired) electrons. The minimum atomic E-state index is -0.761. The second-order valence-corrected chi connectivity index (χ2v) is 18.2. The van der Waals surface area contributed by atoms with Crippen LogP contribution >= 0.6 is 0 Å². The SMILES string of the molecule is CCCCCCCCCCCCCCCC(=O)OC[C@H](COC(=O)CCCCCCCCC(C)CC)OC(=O)CCCCCCCCCCCCCCCC(C)C. The summed E-state index contributed by atoms with van der Waals surface area (Å²) in [7, 11) is 0. The number of carbonyl (C=O) groups is 3. The molecule has 2 atom stereocenters. The van der Waals surface area contributed by atoms with Crippen molar-refractivity contribution in [2.45, 2.75) is 285 Å². The van der Waals surface area contributed by atoms with E-state index in [-0.39, 0.29) is 31.1 Å². The van der Waals surface area contributed by atoms with Crippen LogP contribution in [0.2, 0.25) is 0 Å². The second-order valence-electron chi connectivity index (χ2n) is 18.2. The van der Waals surface area contributed by atoms with Crippen LogP contribution in [0, 0.1) is 11.8 Å². The summed E-state index contributed by atoms with van der Waals surface area (Å²) in [5.74, 6) is 0.800. The normalized spacial score (nSPS) is 12.5. The van der Waals surface area contributed by atoms with Gasteiger partial charge in [-0.2, -0.15) is 0 Å². The molecule has 0 fully saturated rings. The van der Waals surface area contributed by atoms with Crippen LogP contribution in [0.4, 0.5) is 0 Å². The number of hydrogen-bond acceptors (Lipinski definition) is 6. The summed E-state index contributed by atoms with van der Waals surface area (Å²) >= 11 is 0. The highest BCUT2D eigenvalue weighted by atomic mass is 16.6. The Morgan fingerprint density at radius 1 is 0.368 bits per heavy atom. The quantitative estimate of drug-likeness (QED) is 0.0346. The van der Waals surface area contributed by atoms with Crippen LogP contribution in [0.3, 0.4) is 0 Å². The van der Waals surface area contributed by atoms with Crippen molar-refractivity contribution in [3.8, 4) is 0 Å². The summed E-state index contributed by atoms with van der Waals surface area (Å²) in [4.78, 5) is 37.9. The fraction of sp³-hybridized carbons (Fsp3) is 0.941. The van der Waals surface area contributed by atoms with Gasteiger partial charge in [-0.05, 0) is 31.1 Å². The van der Waals surface area contributed by atoms with E-state index in [4.69, 9.17) is 14.2 Å². The molecular formula is C51H98O6. The summed E-state index contributed by atoms with van der Waals surface area (Å²) in [5.41, 5.74) is 0. The Labute approximate surface area is 355 Å². The van der Waals surface area contributed by atoms with Crippen LogP contribution in [-0.2, 0) is 28.6 Å². The summed E-state index contributed by atoms with van der Waals surface area (Å²) < 4.78 is 16.8. The summed E-state index contributed by atoms with van der Waals surface area (Å²) in [6.45, 7) is 11.3. The molecule has 0 aliphatic carbocycles. The highest BCUT2D eigenvalue weighted by Gasteiger charge is 2.19. The largest absolute Gasteiger partial charge is 0.462 e. The first-order valence-corrected chi connectivity index (χ1v) is 25.3. The lowest BCUT2D eigenvalue weighted by atomic mass is 10.00. The van der Waals surface area contributed by atoms with Gasteiger partial charge in [0.25, 0.3) is 0 Å². The Balaban J connectivity index is 4.31. The molecule has 0 heterocycles. The van der Waals surface area contributed by atoms with Crippen LogP contribution in [0.5, 0.6) is 0 Å². The number of esters is 3. The molecule has 0 aromatic carbocycles. The number of carbonyl (C=O) groups excluding carboxylic acids is 3. The van der Waals surface area contributed by atoms with Crippen molar-refractivity contribution in [3.63, 3.8) is 0 Å². The predicted octanol–water partition coefficient (Wildman–Crippen LogP) is 16.1. The molecule has 0 saturated heterocycles. The van der Waals surface area contributed by atoms with Crippen molar-refractivity contribution in [2.75, 3.05) is 13.2 Å². The van der Waals surface area contributed by atoms with E-state index in [9.17, 15) is 14.4 Å². The van der Waals surface area contributed by atoms with Crippen molar-refractivity contribution in [1.29, 1.82) is 0 Å². The maximum atomic E-state index is 12.8. The van der Waals surface area contributed by atoms with Crippen LogP contribution < -0.4 is 0 Å². The average Bonchev–Trinajstić information content (AvgIpc) is 3.19. The van der Waals surface area contributed by atoms with E-state index in [0.717, 1.165) is 69.6 Å². The van der Waals surface area contributed by atoms with Gasteiger partial charge in [0.2, 0.25) is 0 Å². The number of unbranched alkanes of at least 4 members (excludes halogenated alkanes) is 29. The monoisotopic (exact) mass is 807 g/mol. The predicted molar refractivity (Wildman–Crippen MR) is 243 cm³/mol. The van der Waals surface area contributed by atoms with Gasteiger partial charge in [0, 0.05) is 19.3 Å². The Morgan fingerprint density at radius 2 is 0.667 bits per heavy atom. The van der Waals surface area contributed by atoms with E-state index in [1.54, 1.807) is 0 Å². The van der Waals surface area contributed by atoms with Gasteiger partial charge in [-0.3, -0.25) is 14.4 Å². The maximum absolute atomic E-state index is 12.8. The molecule has 57 heavy (non-hydrogen) atoms. The zero-order valence-electron chi connectivity index (χ0n) is 39.0. The average molecular weight is 807 g/mol. The Bertz CT molecular complexity index is 872. The molecule has 0 aromatic heterocycles. The zero-order valence-corrected chi connectivity index (χ0v) is 39.0. The first-order chi connectivity index (χ1) is 27.8. The van der Waals surface area contributed by atoms with E-state index < -0.39 is 6.10 Å². The van der Waals surface area contributed by atoms with Crippen LogP contribution in [-0.4, -0.2) is 37.2 Å². The zero-order chi connectivity index (χ0) is 41.9. The third kappa shape index (κ3) is 43.8. The molecule has 6 heteroatoms. The Hall–Kier alpha value is -1.59. The highest BCUT2D eigenvalue weighted by Crippen LogP contribution is 2.17. The van der Waals surface area contributed by atoms with Crippen LogP contribution in [0.15, 0.2) is 0 Å². The van der Waals surface area contributed by atoms with Gasteiger partial charge in [-0.1, -0.05) is 240 Å². The lowest BCUT2D eigenvalue weighted by Crippen LogP contribution is -2.30. The topological polar surface area (TPSA) is 78.9 Å². The first kappa shape index (κ1) is 55.4. The molecule has 0 bridgehead atoms. The lowest BCUT2D eigenvalue weighted by molar-refractivity contribution is -0.167. The van der Waals surface area contributed by atoms with Gasteiger partial charge in [-0.25, -0.2) is 0 Å². The third-order valence-corrected chi connectivity index (χ3v) is 11.8. The van der Waals surface area contributed by atoms with Gasteiger partial charge in [0.1, 0.15) is 13.2 Å². The molecule has 6 nitrogen and oxygen atoms in total. The number of hydrogen-bond donors (Lipinski definition) is 0. The van der Waals surface area contributed by atoms with Gasteiger partial charge >= 0.3 is 17.9 Å². The summed E-state index contributed by atoms with van der Waals surface area (Å²) in [6.07, 6.45) is 43.7. The van der Waals surface area contributed by atoms with E-state index in [1.165, 1.54) is 167 Å².